The fourth-order valence-electron chi connectivity index (χ4n) is 3.46. The largest absolute Gasteiger partial charge is 0.369 e. The van der Waals surface area contributed by atoms with Gasteiger partial charge in [-0.25, -0.2) is 0 Å². The number of benzene rings is 1. The van der Waals surface area contributed by atoms with Crippen molar-refractivity contribution in [3.63, 3.8) is 0 Å². The average molecular weight is 301 g/mol. The lowest BCUT2D eigenvalue weighted by Crippen LogP contribution is -2.51. The quantitative estimate of drug-likeness (QED) is 0.774. The van der Waals surface area contributed by atoms with Crippen LogP contribution in [0.25, 0.3) is 0 Å². The topological polar surface area (TPSA) is 84.2 Å². The van der Waals surface area contributed by atoms with Crippen molar-refractivity contribution in [3.05, 3.63) is 35.4 Å². The molecule has 3 rings (SSSR count). The molecule has 0 radical (unpaired) electrons. The molecule has 1 fully saturated rings. The van der Waals surface area contributed by atoms with Gasteiger partial charge in [-0.3, -0.25) is 9.59 Å². The van der Waals surface area contributed by atoms with Gasteiger partial charge in [0.25, 0.3) is 0 Å². The summed E-state index contributed by atoms with van der Waals surface area (Å²) >= 11 is 0. The number of primary amides is 1. The molecule has 0 aromatic heterocycles. The zero-order valence-corrected chi connectivity index (χ0v) is 12.7. The maximum Gasteiger partial charge on any atom is 0.237 e. The predicted molar refractivity (Wildman–Crippen MR) is 83.9 cm³/mol. The molecule has 0 bridgehead atoms. The smallest absolute Gasteiger partial charge is 0.237 e. The fraction of sp³-hybridized carbons (Fsp3) is 0.529. The number of amides is 2. The van der Waals surface area contributed by atoms with Crippen LogP contribution in [0.15, 0.2) is 24.3 Å². The zero-order valence-electron chi connectivity index (χ0n) is 12.7. The maximum atomic E-state index is 12.4. The van der Waals surface area contributed by atoms with E-state index in [1.165, 1.54) is 11.1 Å². The second-order valence-electron chi connectivity index (χ2n) is 6.37. The fourth-order valence-corrected chi connectivity index (χ4v) is 3.46. The number of nitrogens with one attached hydrogen (secondary N) is 2. The summed E-state index contributed by atoms with van der Waals surface area (Å²) in [6, 6.07) is 8.24. The first-order valence-corrected chi connectivity index (χ1v) is 8.03. The Morgan fingerprint density at radius 1 is 1.09 bits per heavy atom. The third-order valence-electron chi connectivity index (χ3n) is 4.87. The molecule has 1 aliphatic heterocycles. The third kappa shape index (κ3) is 3.30. The van der Waals surface area contributed by atoms with Crippen molar-refractivity contribution in [1.29, 1.82) is 0 Å². The minimum Gasteiger partial charge on any atom is -0.369 e. The van der Waals surface area contributed by atoms with Gasteiger partial charge >= 0.3 is 0 Å². The van der Waals surface area contributed by atoms with Gasteiger partial charge in [0, 0.05) is 18.5 Å². The van der Waals surface area contributed by atoms with E-state index in [-0.39, 0.29) is 29.8 Å². The van der Waals surface area contributed by atoms with Crippen molar-refractivity contribution in [2.75, 3.05) is 0 Å². The van der Waals surface area contributed by atoms with Crippen LogP contribution in [0.4, 0.5) is 0 Å². The molecule has 0 spiro atoms. The highest BCUT2D eigenvalue weighted by Gasteiger charge is 2.29. The minimum atomic E-state index is -0.213. The van der Waals surface area contributed by atoms with E-state index < -0.39 is 0 Å². The van der Waals surface area contributed by atoms with Crippen molar-refractivity contribution in [1.82, 2.24) is 10.6 Å². The maximum absolute atomic E-state index is 12.4. The van der Waals surface area contributed by atoms with Gasteiger partial charge in [-0.05, 0) is 43.2 Å². The van der Waals surface area contributed by atoms with E-state index in [0.29, 0.717) is 0 Å². The molecule has 1 aromatic rings. The molecule has 1 aromatic carbocycles. The molecular weight excluding hydrogens is 278 g/mol. The molecule has 1 saturated carbocycles. The first-order valence-electron chi connectivity index (χ1n) is 8.03. The Hall–Kier alpha value is -1.88. The molecule has 22 heavy (non-hydrogen) atoms. The molecule has 2 aliphatic rings. The molecule has 5 nitrogen and oxygen atoms in total. The van der Waals surface area contributed by atoms with Gasteiger partial charge in [0.15, 0.2) is 0 Å². The number of nitrogens with two attached hydrogens (primary N) is 1. The van der Waals surface area contributed by atoms with Gasteiger partial charge in [-0.1, -0.05) is 24.3 Å². The second kappa shape index (κ2) is 6.48. The lowest BCUT2D eigenvalue weighted by atomic mass is 9.85. The molecule has 4 N–H and O–H groups in total. The van der Waals surface area contributed by atoms with E-state index in [0.717, 1.165) is 38.6 Å². The van der Waals surface area contributed by atoms with E-state index in [9.17, 15) is 9.59 Å². The Morgan fingerprint density at radius 3 is 2.45 bits per heavy atom. The van der Waals surface area contributed by atoms with Crippen LogP contribution >= 0.6 is 0 Å². The summed E-state index contributed by atoms with van der Waals surface area (Å²) < 4.78 is 0. The van der Waals surface area contributed by atoms with Crippen molar-refractivity contribution in [2.24, 2.45) is 11.7 Å². The monoisotopic (exact) mass is 301 g/mol. The van der Waals surface area contributed by atoms with Crippen LogP contribution in [0.1, 0.15) is 36.8 Å². The molecule has 1 unspecified atom stereocenters. The third-order valence-corrected chi connectivity index (χ3v) is 4.87. The van der Waals surface area contributed by atoms with Crippen molar-refractivity contribution in [2.45, 2.75) is 50.7 Å². The average Bonchev–Trinajstić information content (AvgIpc) is 2.55. The second-order valence-corrected chi connectivity index (χ2v) is 6.37. The van der Waals surface area contributed by atoms with Gasteiger partial charge in [0.2, 0.25) is 11.8 Å². The number of rotatable bonds is 3. The van der Waals surface area contributed by atoms with Crippen LogP contribution in [0.2, 0.25) is 0 Å². The summed E-state index contributed by atoms with van der Waals surface area (Å²) in [5.74, 6) is -0.166. The molecule has 0 saturated heterocycles. The van der Waals surface area contributed by atoms with Gasteiger partial charge in [-0.2, -0.15) is 0 Å². The Kier molecular flexibility index (Phi) is 4.43. The van der Waals surface area contributed by atoms with Crippen LogP contribution < -0.4 is 16.4 Å². The van der Waals surface area contributed by atoms with Crippen LogP contribution in [0, 0.1) is 5.92 Å². The Labute approximate surface area is 130 Å². The van der Waals surface area contributed by atoms with Crippen molar-refractivity contribution < 1.29 is 9.59 Å². The number of fused-ring (bicyclic) bond motifs is 1. The summed E-state index contributed by atoms with van der Waals surface area (Å²) in [4.78, 5) is 23.6. The molecule has 1 atom stereocenters. The minimum absolute atomic E-state index is 0.0205. The Morgan fingerprint density at radius 2 is 1.77 bits per heavy atom. The summed E-state index contributed by atoms with van der Waals surface area (Å²) in [5.41, 5.74) is 7.86. The summed E-state index contributed by atoms with van der Waals surface area (Å²) in [6.45, 7) is 0.739. The molecule has 118 valence electrons. The standard InChI is InChI=1S/C17H23N3O2/c18-16(21)11-5-7-14(8-6-11)20-17(22)15-9-12-3-1-2-4-13(12)10-19-15/h1-4,11,14-15,19H,5-10H2,(H2,18,21)(H,20,22). The van der Waals surface area contributed by atoms with E-state index in [2.05, 4.69) is 22.8 Å². The Bertz CT molecular complexity index is 565. The summed E-state index contributed by atoms with van der Waals surface area (Å²) in [5, 5.41) is 6.43. The molecule has 1 heterocycles. The predicted octanol–water partition coefficient (Wildman–Crippen LogP) is 0.861. The number of carbonyl (C=O) groups excluding carboxylic acids is 2. The summed E-state index contributed by atoms with van der Waals surface area (Å²) in [7, 11) is 0. The van der Waals surface area contributed by atoms with Crippen LogP contribution in [0.3, 0.4) is 0 Å². The van der Waals surface area contributed by atoms with Crippen LogP contribution in [-0.4, -0.2) is 23.9 Å². The molecular formula is C17H23N3O2. The molecule has 5 heteroatoms. The highest BCUT2D eigenvalue weighted by Crippen LogP contribution is 2.24. The van der Waals surface area contributed by atoms with Gasteiger partial charge in [-0.15, -0.1) is 0 Å². The first kappa shape index (κ1) is 15.0. The lowest BCUT2D eigenvalue weighted by molar-refractivity contribution is -0.124. The zero-order chi connectivity index (χ0) is 15.5. The van der Waals surface area contributed by atoms with Gasteiger partial charge in [0.05, 0.1) is 6.04 Å². The van der Waals surface area contributed by atoms with E-state index >= 15 is 0 Å². The number of hydrogen-bond donors (Lipinski definition) is 3. The van der Waals surface area contributed by atoms with Gasteiger partial charge in [0.1, 0.15) is 0 Å². The van der Waals surface area contributed by atoms with E-state index in [1.54, 1.807) is 0 Å². The highest BCUT2D eigenvalue weighted by molar-refractivity contribution is 5.83. The number of carbonyl (C=O) groups is 2. The first-order chi connectivity index (χ1) is 10.6. The number of hydrogen-bond acceptors (Lipinski definition) is 3. The Balaban J connectivity index is 1.52. The molecule has 2 amide bonds. The lowest BCUT2D eigenvalue weighted by Gasteiger charge is -2.30. The van der Waals surface area contributed by atoms with E-state index in [1.807, 2.05) is 12.1 Å². The highest BCUT2D eigenvalue weighted by atomic mass is 16.2. The molecule has 1 aliphatic carbocycles. The van der Waals surface area contributed by atoms with Crippen molar-refractivity contribution in [3.8, 4) is 0 Å². The SMILES string of the molecule is NC(=O)C1CCC(NC(=O)C2Cc3ccccc3CN2)CC1. The van der Waals surface area contributed by atoms with Crippen molar-refractivity contribution >= 4 is 11.8 Å². The summed E-state index contributed by atoms with van der Waals surface area (Å²) in [6.07, 6.45) is 3.96. The van der Waals surface area contributed by atoms with E-state index in [4.69, 9.17) is 5.73 Å². The normalized spacial score (nSPS) is 27.7. The van der Waals surface area contributed by atoms with Crippen LogP contribution in [0.5, 0.6) is 0 Å². The van der Waals surface area contributed by atoms with Gasteiger partial charge < -0.3 is 16.4 Å². The van der Waals surface area contributed by atoms with Crippen LogP contribution in [-0.2, 0) is 22.6 Å².